The molecule has 0 saturated heterocycles. The van der Waals surface area contributed by atoms with Gasteiger partial charge in [0.15, 0.2) is 0 Å². The molecule has 0 bridgehead atoms. The highest BCUT2D eigenvalue weighted by molar-refractivity contribution is 7.16. The zero-order valence-electron chi connectivity index (χ0n) is 11.4. The monoisotopic (exact) mass is 282 g/mol. The summed E-state index contributed by atoms with van der Waals surface area (Å²) >= 11 is 1.75. The van der Waals surface area contributed by atoms with Gasteiger partial charge < -0.3 is 5.32 Å². The predicted octanol–water partition coefficient (Wildman–Crippen LogP) is 4.62. The summed E-state index contributed by atoms with van der Waals surface area (Å²) in [5.41, 5.74) is 2.45. The zero-order chi connectivity index (χ0) is 13.6. The van der Waals surface area contributed by atoms with Crippen molar-refractivity contribution in [1.29, 1.82) is 0 Å². The molecule has 0 aliphatic carbocycles. The molecule has 0 atom stereocenters. The quantitative estimate of drug-likeness (QED) is 0.831. The first-order valence-corrected chi connectivity index (χ1v) is 7.87. The van der Waals surface area contributed by atoms with Crippen LogP contribution in [0.4, 0.5) is 5.00 Å². The molecule has 0 amide bonds. The molecule has 20 heavy (non-hydrogen) atoms. The summed E-state index contributed by atoms with van der Waals surface area (Å²) in [6.45, 7) is 1.08. The summed E-state index contributed by atoms with van der Waals surface area (Å²) in [6.07, 6.45) is 11.9. The van der Waals surface area contributed by atoms with Crippen molar-refractivity contribution in [3.63, 3.8) is 0 Å². The van der Waals surface area contributed by atoms with Crippen LogP contribution in [0.2, 0.25) is 0 Å². The van der Waals surface area contributed by atoms with Crippen LogP contribution in [0.15, 0.2) is 42.5 Å². The van der Waals surface area contributed by atoms with Gasteiger partial charge in [-0.05, 0) is 30.9 Å². The Bertz CT molecular complexity index is 588. The van der Waals surface area contributed by atoms with Crippen LogP contribution in [0.25, 0.3) is 12.2 Å². The minimum atomic E-state index is 1.08. The molecule has 0 unspecified atom stereocenters. The molecule has 0 saturated carbocycles. The van der Waals surface area contributed by atoms with Gasteiger partial charge in [-0.1, -0.05) is 59.9 Å². The van der Waals surface area contributed by atoms with Gasteiger partial charge in [0, 0.05) is 6.54 Å². The Labute approximate surface area is 123 Å². The molecule has 1 aromatic heterocycles. The standard InChI is InChI=1S/C17H18N2S/c1-2-8-14(9-3-1)10-4-5-12-16-19-15-11-6-7-13-18-17(15)20-16/h1-5,8-10,12,18H,6-7,11,13H2. The van der Waals surface area contributed by atoms with Gasteiger partial charge in [-0.15, -0.1) is 0 Å². The molecule has 1 aliphatic rings. The van der Waals surface area contributed by atoms with E-state index >= 15 is 0 Å². The number of rotatable bonds is 3. The van der Waals surface area contributed by atoms with Gasteiger partial charge in [0.25, 0.3) is 0 Å². The molecular weight excluding hydrogens is 264 g/mol. The van der Waals surface area contributed by atoms with Crippen LogP contribution in [-0.2, 0) is 6.42 Å². The Morgan fingerprint density at radius 2 is 1.90 bits per heavy atom. The average molecular weight is 282 g/mol. The third-order valence-corrected chi connectivity index (χ3v) is 4.30. The third kappa shape index (κ3) is 3.36. The van der Waals surface area contributed by atoms with E-state index in [0.29, 0.717) is 0 Å². The maximum atomic E-state index is 4.69. The van der Waals surface area contributed by atoms with Crippen molar-refractivity contribution in [2.45, 2.75) is 19.3 Å². The van der Waals surface area contributed by atoms with Crippen molar-refractivity contribution in [2.24, 2.45) is 0 Å². The summed E-state index contributed by atoms with van der Waals surface area (Å²) in [5.74, 6) is 0. The Morgan fingerprint density at radius 3 is 2.80 bits per heavy atom. The van der Waals surface area contributed by atoms with E-state index in [1.54, 1.807) is 11.3 Å². The van der Waals surface area contributed by atoms with Gasteiger partial charge in [-0.25, -0.2) is 4.98 Å². The van der Waals surface area contributed by atoms with Crippen molar-refractivity contribution in [3.05, 3.63) is 58.7 Å². The van der Waals surface area contributed by atoms with E-state index < -0.39 is 0 Å². The van der Waals surface area contributed by atoms with E-state index in [9.17, 15) is 0 Å². The molecule has 2 aromatic rings. The van der Waals surface area contributed by atoms with E-state index in [1.807, 2.05) is 18.2 Å². The van der Waals surface area contributed by atoms with Gasteiger partial charge in [-0.2, -0.15) is 0 Å². The fourth-order valence-electron chi connectivity index (χ4n) is 2.24. The molecule has 3 heteroatoms. The van der Waals surface area contributed by atoms with Gasteiger partial charge in [0.05, 0.1) is 5.69 Å². The van der Waals surface area contributed by atoms with Crippen molar-refractivity contribution < 1.29 is 0 Å². The lowest BCUT2D eigenvalue weighted by Gasteiger charge is -1.96. The summed E-state index contributed by atoms with van der Waals surface area (Å²) in [7, 11) is 0. The van der Waals surface area contributed by atoms with Crippen LogP contribution in [-0.4, -0.2) is 11.5 Å². The van der Waals surface area contributed by atoms with Crippen LogP contribution in [0.1, 0.15) is 29.1 Å². The number of allylic oxidation sites excluding steroid dienone is 2. The highest BCUT2D eigenvalue weighted by atomic mass is 32.1. The van der Waals surface area contributed by atoms with E-state index in [2.05, 4.69) is 41.8 Å². The number of thiazole rings is 1. The van der Waals surface area contributed by atoms with E-state index in [-0.39, 0.29) is 0 Å². The minimum absolute atomic E-state index is 1.08. The maximum Gasteiger partial charge on any atom is 0.118 e. The topological polar surface area (TPSA) is 24.9 Å². The number of aromatic nitrogens is 1. The average Bonchev–Trinajstić information content (AvgIpc) is 2.74. The van der Waals surface area contributed by atoms with Crippen LogP contribution in [0, 0.1) is 0 Å². The molecule has 2 nitrogen and oxygen atoms in total. The van der Waals surface area contributed by atoms with Gasteiger partial charge in [-0.3, -0.25) is 0 Å². The van der Waals surface area contributed by atoms with Crippen molar-refractivity contribution in [1.82, 2.24) is 4.98 Å². The van der Waals surface area contributed by atoms with Gasteiger partial charge >= 0.3 is 0 Å². The largest absolute Gasteiger partial charge is 0.375 e. The van der Waals surface area contributed by atoms with Crippen molar-refractivity contribution in [2.75, 3.05) is 11.9 Å². The summed E-state index contributed by atoms with van der Waals surface area (Å²) < 4.78 is 0. The van der Waals surface area contributed by atoms with Crippen LogP contribution >= 0.6 is 11.3 Å². The number of hydrogen-bond acceptors (Lipinski definition) is 3. The van der Waals surface area contributed by atoms with E-state index in [1.165, 1.54) is 29.1 Å². The zero-order valence-corrected chi connectivity index (χ0v) is 12.2. The number of anilines is 1. The predicted molar refractivity (Wildman–Crippen MR) is 88.1 cm³/mol. The Morgan fingerprint density at radius 1 is 1.05 bits per heavy atom. The highest BCUT2D eigenvalue weighted by Crippen LogP contribution is 2.28. The Balaban J connectivity index is 1.66. The third-order valence-electron chi connectivity index (χ3n) is 3.28. The maximum absolute atomic E-state index is 4.69. The second-order valence-electron chi connectivity index (χ2n) is 4.84. The molecule has 1 N–H and O–H groups in total. The first kappa shape index (κ1) is 13.1. The van der Waals surface area contributed by atoms with Crippen molar-refractivity contribution in [3.8, 4) is 0 Å². The first-order chi connectivity index (χ1) is 9.92. The summed E-state index contributed by atoms with van der Waals surface area (Å²) in [6, 6.07) is 10.3. The second-order valence-corrected chi connectivity index (χ2v) is 5.87. The van der Waals surface area contributed by atoms with Gasteiger partial charge in [0.2, 0.25) is 0 Å². The highest BCUT2D eigenvalue weighted by Gasteiger charge is 2.11. The fraction of sp³-hybridized carbons (Fsp3) is 0.235. The van der Waals surface area contributed by atoms with E-state index in [4.69, 9.17) is 4.98 Å². The van der Waals surface area contributed by atoms with Gasteiger partial charge in [0.1, 0.15) is 10.0 Å². The molecule has 0 fully saturated rings. The first-order valence-electron chi connectivity index (χ1n) is 7.05. The molecule has 1 aromatic carbocycles. The second kappa shape index (κ2) is 6.53. The van der Waals surface area contributed by atoms with Crippen LogP contribution in [0.3, 0.4) is 0 Å². The SMILES string of the molecule is C(C=Cc1nc2c(s1)NCCCC2)=Cc1ccccc1. The number of nitrogens with one attached hydrogen (secondary N) is 1. The molecule has 3 rings (SSSR count). The molecule has 0 radical (unpaired) electrons. The number of benzene rings is 1. The van der Waals surface area contributed by atoms with E-state index in [0.717, 1.165) is 18.0 Å². The molecule has 102 valence electrons. The minimum Gasteiger partial charge on any atom is -0.375 e. The normalized spacial score (nSPS) is 15.2. The number of aryl methyl sites for hydroxylation is 1. The summed E-state index contributed by atoms with van der Waals surface area (Å²) in [4.78, 5) is 4.69. The lowest BCUT2D eigenvalue weighted by Crippen LogP contribution is -1.96. The number of nitrogens with zero attached hydrogens (tertiary/aromatic N) is 1. The number of fused-ring (bicyclic) bond motifs is 1. The number of hydrogen-bond donors (Lipinski definition) is 1. The lowest BCUT2D eigenvalue weighted by molar-refractivity contribution is 0.774. The Hall–Kier alpha value is -1.87. The fourth-order valence-corrected chi connectivity index (χ4v) is 3.19. The smallest absolute Gasteiger partial charge is 0.118 e. The molecule has 1 aliphatic heterocycles. The Kier molecular flexibility index (Phi) is 4.28. The lowest BCUT2D eigenvalue weighted by atomic mass is 10.2. The molecule has 2 heterocycles. The molecular formula is C17H18N2S. The van der Waals surface area contributed by atoms with Crippen molar-refractivity contribution >= 4 is 28.5 Å². The van der Waals surface area contributed by atoms with Crippen LogP contribution < -0.4 is 5.32 Å². The summed E-state index contributed by atoms with van der Waals surface area (Å²) in [5, 5.41) is 5.81. The molecule has 0 spiro atoms. The van der Waals surface area contributed by atoms with Crippen LogP contribution in [0.5, 0.6) is 0 Å².